The van der Waals surface area contributed by atoms with E-state index >= 15 is 0 Å². The number of amides is 2. The summed E-state index contributed by atoms with van der Waals surface area (Å²) in [6.07, 6.45) is 3.46. The van der Waals surface area contributed by atoms with Crippen LogP contribution in [0.2, 0.25) is 0 Å². The maximum absolute atomic E-state index is 13.1. The Bertz CT molecular complexity index is 806. The average Bonchev–Trinajstić information content (AvgIpc) is 3.09. The summed E-state index contributed by atoms with van der Waals surface area (Å²) in [6, 6.07) is 12.9. The van der Waals surface area contributed by atoms with Crippen molar-refractivity contribution < 1.29 is 18.7 Å². The number of halogens is 1. The van der Waals surface area contributed by atoms with Crippen LogP contribution in [0.4, 0.5) is 15.8 Å². The molecular formula is C22H25FN2O3. The summed E-state index contributed by atoms with van der Waals surface area (Å²) in [4.78, 5) is 26.3. The van der Waals surface area contributed by atoms with Gasteiger partial charge in [0.05, 0.1) is 12.5 Å². The minimum Gasteiger partial charge on any atom is -0.494 e. The summed E-state index contributed by atoms with van der Waals surface area (Å²) in [5, 5.41) is 2.86. The molecule has 5 nitrogen and oxygen atoms in total. The summed E-state index contributed by atoms with van der Waals surface area (Å²) >= 11 is 0. The number of benzene rings is 2. The summed E-state index contributed by atoms with van der Waals surface area (Å²) in [7, 11) is 0. The number of rotatable bonds is 8. The van der Waals surface area contributed by atoms with Gasteiger partial charge < -0.3 is 15.0 Å². The Morgan fingerprint density at radius 3 is 2.54 bits per heavy atom. The van der Waals surface area contributed by atoms with Crippen molar-refractivity contribution in [3.05, 3.63) is 54.3 Å². The topological polar surface area (TPSA) is 58.6 Å². The molecule has 0 radical (unpaired) electrons. The molecule has 6 heteroatoms. The van der Waals surface area contributed by atoms with E-state index in [9.17, 15) is 14.0 Å². The van der Waals surface area contributed by atoms with Gasteiger partial charge >= 0.3 is 0 Å². The highest BCUT2D eigenvalue weighted by Gasteiger charge is 2.35. The molecule has 3 rings (SSSR count). The maximum Gasteiger partial charge on any atom is 0.229 e. The van der Waals surface area contributed by atoms with E-state index in [1.165, 1.54) is 17.0 Å². The number of hydrogen-bond acceptors (Lipinski definition) is 3. The Labute approximate surface area is 164 Å². The Balaban J connectivity index is 1.53. The van der Waals surface area contributed by atoms with Crippen molar-refractivity contribution in [1.82, 2.24) is 0 Å². The van der Waals surface area contributed by atoms with Gasteiger partial charge in [-0.05, 0) is 55.0 Å². The fourth-order valence-electron chi connectivity index (χ4n) is 3.17. The fourth-order valence-corrected chi connectivity index (χ4v) is 3.17. The van der Waals surface area contributed by atoms with Gasteiger partial charge in [0.25, 0.3) is 0 Å². The largest absolute Gasteiger partial charge is 0.494 e. The average molecular weight is 384 g/mol. The predicted octanol–water partition coefficient (Wildman–Crippen LogP) is 4.39. The molecular weight excluding hydrogens is 359 g/mol. The van der Waals surface area contributed by atoms with Gasteiger partial charge in [-0.3, -0.25) is 9.59 Å². The van der Waals surface area contributed by atoms with E-state index in [0.717, 1.165) is 25.0 Å². The van der Waals surface area contributed by atoms with Crippen LogP contribution in [-0.4, -0.2) is 25.0 Å². The van der Waals surface area contributed by atoms with Crippen molar-refractivity contribution in [2.75, 3.05) is 23.4 Å². The molecule has 1 heterocycles. The highest BCUT2D eigenvalue weighted by atomic mass is 19.1. The van der Waals surface area contributed by atoms with Gasteiger partial charge in [0, 0.05) is 24.3 Å². The van der Waals surface area contributed by atoms with Crippen molar-refractivity contribution in [3.63, 3.8) is 0 Å². The number of carbonyl (C=O) groups excluding carboxylic acids is 2. The second kappa shape index (κ2) is 9.35. The monoisotopic (exact) mass is 384 g/mol. The third kappa shape index (κ3) is 5.09. The first kappa shape index (κ1) is 19.9. The third-order valence-corrected chi connectivity index (χ3v) is 4.77. The van der Waals surface area contributed by atoms with Crippen molar-refractivity contribution >= 4 is 23.2 Å². The highest BCUT2D eigenvalue weighted by molar-refractivity contribution is 6.03. The van der Waals surface area contributed by atoms with Crippen LogP contribution in [0, 0.1) is 11.7 Å². The third-order valence-electron chi connectivity index (χ3n) is 4.77. The van der Waals surface area contributed by atoms with E-state index in [4.69, 9.17) is 4.74 Å². The molecule has 2 aromatic carbocycles. The number of anilines is 2. The molecule has 0 bridgehead atoms. The SMILES string of the molecule is CCCCCOc1ccc(NC(=O)[C@H]2CC(=O)N(c3ccc(F)cc3)C2)cc1. The Morgan fingerprint density at radius 1 is 1.14 bits per heavy atom. The van der Waals surface area contributed by atoms with Crippen molar-refractivity contribution in [2.24, 2.45) is 5.92 Å². The zero-order valence-electron chi connectivity index (χ0n) is 16.0. The van der Waals surface area contributed by atoms with E-state index in [2.05, 4.69) is 12.2 Å². The van der Waals surface area contributed by atoms with Crippen LogP contribution in [0.3, 0.4) is 0 Å². The van der Waals surface area contributed by atoms with Crippen molar-refractivity contribution in [3.8, 4) is 5.75 Å². The zero-order valence-corrected chi connectivity index (χ0v) is 16.0. The smallest absolute Gasteiger partial charge is 0.229 e. The van der Waals surface area contributed by atoms with Gasteiger partial charge in [-0.15, -0.1) is 0 Å². The van der Waals surface area contributed by atoms with E-state index in [1.54, 1.807) is 24.3 Å². The van der Waals surface area contributed by atoms with Crippen molar-refractivity contribution in [2.45, 2.75) is 32.6 Å². The molecule has 0 aromatic heterocycles. The minimum absolute atomic E-state index is 0.136. The number of hydrogen-bond donors (Lipinski definition) is 1. The van der Waals surface area contributed by atoms with E-state index in [0.29, 0.717) is 18.0 Å². The van der Waals surface area contributed by atoms with Crippen LogP contribution < -0.4 is 15.0 Å². The molecule has 0 unspecified atom stereocenters. The molecule has 28 heavy (non-hydrogen) atoms. The fraction of sp³-hybridized carbons (Fsp3) is 0.364. The van der Waals surface area contributed by atoms with E-state index in [-0.39, 0.29) is 30.6 Å². The summed E-state index contributed by atoms with van der Waals surface area (Å²) in [5.41, 5.74) is 1.27. The van der Waals surface area contributed by atoms with Gasteiger partial charge in [-0.25, -0.2) is 4.39 Å². The number of nitrogens with one attached hydrogen (secondary N) is 1. The number of ether oxygens (including phenoxy) is 1. The summed E-state index contributed by atoms with van der Waals surface area (Å²) in [6.45, 7) is 3.12. The molecule has 2 amide bonds. The van der Waals surface area contributed by atoms with Crippen LogP contribution >= 0.6 is 0 Å². The molecule has 1 N–H and O–H groups in total. The predicted molar refractivity (Wildman–Crippen MR) is 107 cm³/mol. The van der Waals surface area contributed by atoms with Gasteiger partial charge in [-0.2, -0.15) is 0 Å². The Hall–Kier alpha value is -2.89. The lowest BCUT2D eigenvalue weighted by Gasteiger charge is -2.16. The van der Waals surface area contributed by atoms with Crippen molar-refractivity contribution in [1.29, 1.82) is 0 Å². The van der Waals surface area contributed by atoms with Gasteiger partial charge in [0.15, 0.2) is 0 Å². The standard InChI is InChI=1S/C22H25FN2O3/c1-2-3-4-13-28-20-11-7-18(8-12-20)24-22(27)16-14-21(26)25(15-16)19-9-5-17(23)6-10-19/h5-12,16H,2-4,13-15H2,1H3,(H,24,27)/t16-/m0/s1. The van der Waals surface area contributed by atoms with Crippen LogP contribution in [-0.2, 0) is 9.59 Å². The molecule has 1 saturated heterocycles. The second-order valence-corrected chi connectivity index (χ2v) is 6.95. The minimum atomic E-state index is -0.442. The zero-order chi connectivity index (χ0) is 19.9. The number of carbonyl (C=O) groups is 2. The molecule has 1 aliphatic rings. The van der Waals surface area contributed by atoms with Gasteiger partial charge in [-0.1, -0.05) is 19.8 Å². The van der Waals surface area contributed by atoms with E-state index in [1.807, 2.05) is 12.1 Å². The normalized spacial score (nSPS) is 16.3. The molecule has 1 aliphatic heterocycles. The van der Waals surface area contributed by atoms with Gasteiger partial charge in [0.2, 0.25) is 11.8 Å². The van der Waals surface area contributed by atoms with Crippen LogP contribution in [0.15, 0.2) is 48.5 Å². The first-order valence-corrected chi connectivity index (χ1v) is 9.66. The molecule has 0 spiro atoms. The van der Waals surface area contributed by atoms with Crippen LogP contribution in [0.25, 0.3) is 0 Å². The molecule has 148 valence electrons. The quantitative estimate of drug-likeness (QED) is 0.687. The molecule has 2 aromatic rings. The molecule has 1 fully saturated rings. The summed E-state index contributed by atoms with van der Waals surface area (Å²) in [5.74, 6) is -0.366. The summed E-state index contributed by atoms with van der Waals surface area (Å²) < 4.78 is 18.7. The lowest BCUT2D eigenvalue weighted by molar-refractivity contribution is -0.122. The van der Waals surface area contributed by atoms with Crippen LogP contribution in [0.1, 0.15) is 32.6 Å². The number of nitrogens with zero attached hydrogens (tertiary/aromatic N) is 1. The number of unbranched alkanes of at least 4 members (excludes halogenated alkanes) is 2. The Kier molecular flexibility index (Phi) is 6.63. The van der Waals surface area contributed by atoms with Gasteiger partial charge in [0.1, 0.15) is 11.6 Å². The lowest BCUT2D eigenvalue weighted by atomic mass is 10.1. The molecule has 0 saturated carbocycles. The Morgan fingerprint density at radius 2 is 1.86 bits per heavy atom. The van der Waals surface area contributed by atoms with Crippen LogP contribution in [0.5, 0.6) is 5.75 Å². The van der Waals surface area contributed by atoms with E-state index < -0.39 is 5.92 Å². The molecule has 1 atom stereocenters. The first-order chi connectivity index (χ1) is 13.6. The molecule has 0 aliphatic carbocycles. The second-order valence-electron chi connectivity index (χ2n) is 6.95. The lowest BCUT2D eigenvalue weighted by Crippen LogP contribution is -2.28. The highest BCUT2D eigenvalue weighted by Crippen LogP contribution is 2.26. The maximum atomic E-state index is 13.1. The first-order valence-electron chi connectivity index (χ1n) is 9.66.